The third kappa shape index (κ3) is 2.70. The largest absolute Gasteiger partial charge is 0.494 e. The number of methoxy groups -OCH3 is 1. The van der Waals surface area contributed by atoms with Crippen molar-refractivity contribution in [3.05, 3.63) is 29.1 Å². The smallest absolute Gasteiger partial charge is 0.305 e. The van der Waals surface area contributed by atoms with Crippen molar-refractivity contribution in [3.63, 3.8) is 0 Å². The van der Waals surface area contributed by atoms with Crippen LogP contribution < -0.4 is 10.5 Å². The molecule has 4 nitrogen and oxygen atoms in total. The zero-order chi connectivity index (χ0) is 12.3. The van der Waals surface area contributed by atoms with Crippen LogP contribution >= 0.6 is 0 Å². The molecule has 1 aromatic rings. The summed E-state index contributed by atoms with van der Waals surface area (Å²) in [5, 5.41) is 8.61. The van der Waals surface area contributed by atoms with Gasteiger partial charge >= 0.3 is 5.97 Å². The van der Waals surface area contributed by atoms with E-state index in [1.807, 2.05) is 0 Å². The molecule has 88 valence electrons. The van der Waals surface area contributed by atoms with Crippen molar-refractivity contribution in [1.29, 1.82) is 0 Å². The average molecular weight is 227 g/mol. The van der Waals surface area contributed by atoms with E-state index in [1.54, 1.807) is 6.92 Å². The molecule has 1 rings (SSSR count). The van der Waals surface area contributed by atoms with Gasteiger partial charge in [-0.3, -0.25) is 4.79 Å². The lowest BCUT2D eigenvalue weighted by molar-refractivity contribution is -0.137. The second kappa shape index (κ2) is 4.94. The van der Waals surface area contributed by atoms with Crippen molar-refractivity contribution in [2.24, 2.45) is 5.73 Å². The molecule has 0 radical (unpaired) electrons. The standard InChI is InChI=1S/C11H14FNO3/c1-6-3-10(16-2)8(12)4-7(6)9(13)5-11(14)15/h3-4,9H,5,13H2,1-2H3,(H,14,15). The molecular formula is C11H14FNO3. The minimum absolute atomic E-state index is 0.128. The van der Waals surface area contributed by atoms with Crippen LogP contribution in [0.2, 0.25) is 0 Å². The minimum Gasteiger partial charge on any atom is -0.494 e. The van der Waals surface area contributed by atoms with Gasteiger partial charge in [0.25, 0.3) is 0 Å². The second-order valence-electron chi connectivity index (χ2n) is 3.55. The Morgan fingerprint density at radius 2 is 2.25 bits per heavy atom. The van der Waals surface area contributed by atoms with Gasteiger partial charge in [-0.1, -0.05) is 0 Å². The fraction of sp³-hybridized carbons (Fsp3) is 0.364. The van der Waals surface area contributed by atoms with Crippen molar-refractivity contribution in [3.8, 4) is 5.75 Å². The van der Waals surface area contributed by atoms with E-state index in [0.717, 1.165) is 0 Å². The Morgan fingerprint density at radius 1 is 1.62 bits per heavy atom. The summed E-state index contributed by atoms with van der Waals surface area (Å²) < 4.78 is 18.2. The van der Waals surface area contributed by atoms with Crippen LogP contribution in [0.5, 0.6) is 5.75 Å². The van der Waals surface area contributed by atoms with E-state index < -0.39 is 17.8 Å². The molecule has 0 aliphatic heterocycles. The summed E-state index contributed by atoms with van der Waals surface area (Å²) in [5.74, 6) is -1.42. The number of hydrogen-bond acceptors (Lipinski definition) is 3. The normalized spacial score (nSPS) is 12.2. The van der Waals surface area contributed by atoms with Crippen molar-refractivity contribution in [1.82, 2.24) is 0 Å². The summed E-state index contributed by atoms with van der Waals surface area (Å²) in [7, 11) is 1.37. The van der Waals surface area contributed by atoms with Crippen LogP contribution in [-0.2, 0) is 4.79 Å². The quantitative estimate of drug-likeness (QED) is 0.819. The van der Waals surface area contributed by atoms with E-state index in [4.69, 9.17) is 15.6 Å². The van der Waals surface area contributed by atoms with Gasteiger partial charge in [0, 0.05) is 6.04 Å². The number of carboxylic acid groups (broad SMARTS) is 1. The number of ether oxygens (including phenoxy) is 1. The van der Waals surface area contributed by atoms with Crippen LogP contribution in [-0.4, -0.2) is 18.2 Å². The first-order valence-electron chi connectivity index (χ1n) is 4.77. The molecule has 0 bridgehead atoms. The van der Waals surface area contributed by atoms with E-state index in [-0.39, 0.29) is 12.2 Å². The molecule has 0 aliphatic carbocycles. The summed E-state index contributed by atoms with van der Waals surface area (Å²) in [4.78, 5) is 10.5. The van der Waals surface area contributed by atoms with Gasteiger partial charge in [0.2, 0.25) is 0 Å². The van der Waals surface area contributed by atoms with E-state index in [2.05, 4.69) is 0 Å². The Hall–Kier alpha value is -1.62. The highest BCUT2D eigenvalue weighted by atomic mass is 19.1. The molecule has 1 aromatic carbocycles. The Balaban J connectivity index is 3.05. The number of rotatable bonds is 4. The number of aliphatic carboxylic acids is 1. The average Bonchev–Trinajstić information content (AvgIpc) is 2.19. The first-order chi connectivity index (χ1) is 7.45. The summed E-state index contributed by atoms with van der Waals surface area (Å²) in [6, 6.07) is 2.02. The predicted molar refractivity (Wildman–Crippen MR) is 56.9 cm³/mol. The lowest BCUT2D eigenvalue weighted by Gasteiger charge is -2.14. The molecule has 3 N–H and O–H groups in total. The monoisotopic (exact) mass is 227 g/mol. The van der Waals surface area contributed by atoms with Crippen molar-refractivity contribution < 1.29 is 19.0 Å². The fourth-order valence-corrected chi connectivity index (χ4v) is 1.52. The third-order valence-electron chi connectivity index (χ3n) is 2.33. The molecule has 0 saturated carbocycles. The molecular weight excluding hydrogens is 213 g/mol. The van der Waals surface area contributed by atoms with E-state index in [1.165, 1.54) is 19.2 Å². The van der Waals surface area contributed by atoms with Crippen molar-refractivity contribution in [2.75, 3.05) is 7.11 Å². The first-order valence-corrected chi connectivity index (χ1v) is 4.77. The zero-order valence-electron chi connectivity index (χ0n) is 9.16. The van der Waals surface area contributed by atoms with Crippen LogP contribution in [0.25, 0.3) is 0 Å². The summed E-state index contributed by atoms with van der Waals surface area (Å²) in [5.41, 5.74) is 6.87. The highest BCUT2D eigenvalue weighted by Gasteiger charge is 2.16. The van der Waals surface area contributed by atoms with E-state index in [0.29, 0.717) is 11.1 Å². The molecule has 0 aliphatic rings. The number of carboxylic acids is 1. The van der Waals surface area contributed by atoms with Crippen molar-refractivity contribution >= 4 is 5.97 Å². The lowest BCUT2D eigenvalue weighted by atomic mass is 9.99. The minimum atomic E-state index is -1.01. The van der Waals surface area contributed by atoms with E-state index >= 15 is 0 Å². The van der Waals surface area contributed by atoms with Crippen LogP contribution in [0.15, 0.2) is 12.1 Å². The molecule has 0 amide bonds. The Bertz CT molecular complexity index is 406. The summed E-state index contributed by atoms with van der Waals surface area (Å²) in [6.45, 7) is 1.74. The van der Waals surface area contributed by atoms with Gasteiger partial charge in [0.1, 0.15) is 0 Å². The SMILES string of the molecule is COc1cc(C)c(C(N)CC(=O)O)cc1F. The van der Waals surface area contributed by atoms with Gasteiger partial charge in [0.15, 0.2) is 11.6 Å². The Labute approximate surface area is 92.8 Å². The number of benzene rings is 1. The number of hydrogen-bond donors (Lipinski definition) is 2. The highest BCUT2D eigenvalue weighted by molar-refractivity contribution is 5.68. The van der Waals surface area contributed by atoms with Crippen LogP contribution in [0.4, 0.5) is 4.39 Å². The lowest BCUT2D eigenvalue weighted by Crippen LogP contribution is -2.16. The first kappa shape index (κ1) is 12.4. The maximum atomic E-state index is 13.4. The van der Waals surface area contributed by atoms with Gasteiger partial charge in [-0.2, -0.15) is 0 Å². The molecule has 5 heteroatoms. The topological polar surface area (TPSA) is 72.5 Å². The van der Waals surface area contributed by atoms with Crippen LogP contribution in [0.3, 0.4) is 0 Å². The number of aryl methyl sites for hydroxylation is 1. The maximum Gasteiger partial charge on any atom is 0.305 e. The highest BCUT2D eigenvalue weighted by Crippen LogP contribution is 2.26. The molecule has 0 saturated heterocycles. The third-order valence-corrected chi connectivity index (χ3v) is 2.33. The fourth-order valence-electron chi connectivity index (χ4n) is 1.52. The van der Waals surface area contributed by atoms with Crippen molar-refractivity contribution in [2.45, 2.75) is 19.4 Å². The molecule has 16 heavy (non-hydrogen) atoms. The Kier molecular flexibility index (Phi) is 3.84. The van der Waals surface area contributed by atoms with Gasteiger partial charge in [0.05, 0.1) is 13.5 Å². The maximum absolute atomic E-state index is 13.4. The van der Waals surface area contributed by atoms with Gasteiger partial charge in [-0.25, -0.2) is 4.39 Å². The molecule has 0 fully saturated rings. The van der Waals surface area contributed by atoms with Gasteiger partial charge in [-0.15, -0.1) is 0 Å². The molecule has 1 unspecified atom stereocenters. The summed E-state index contributed by atoms with van der Waals surface area (Å²) in [6.07, 6.45) is -0.230. The summed E-state index contributed by atoms with van der Waals surface area (Å²) >= 11 is 0. The second-order valence-corrected chi connectivity index (χ2v) is 3.55. The van der Waals surface area contributed by atoms with E-state index in [9.17, 15) is 9.18 Å². The number of halogens is 1. The van der Waals surface area contributed by atoms with Gasteiger partial charge < -0.3 is 15.6 Å². The molecule has 0 heterocycles. The predicted octanol–water partition coefficient (Wildman–Crippen LogP) is 1.62. The van der Waals surface area contributed by atoms with Crippen LogP contribution in [0.1, 0.15) is 23.6 Å². The van der Waals surface area contributed by atoms with Crippen LogP contribution in [0, 0.1) is 12.7 Å². The van der Waals surface area contributed by atoms with Gasteiger partial charge in [-0.05, 0) is 30.2 Å². The molecule has 1 atom stereocenters. The zero-order valence-corrected chi connectivity index (χ0v) is 9.16. The Morgan fingerprint density at radius 3 is 2.75 bits per heavy atom. The number of nitrogens with two attached hydrogens (primary N) is 1. The number of carbonyl (C=O) groups is 1. The molecule has 0 spiro atoms. The molecule has 0 aromatic heterocycles.